The molecule has 2 aromatic carbocycles. The van der Waals surface area contributed by atoms with Gasteiger partial charge in [-0.05, 0) is 40.8 Å². The van der Waals surface area contributed by atoms with Crippen molar-refractivity contribution in [2.45, 2.75) is 13.0 Å². The second kappa shape index (κ2) is 4.27. The predicted octanol–water partition coefficient (Wildman–Crippen LogP) is 4.13. The fourth-order valence-electron chi connectivity index (χ4n) is 3.06. The molecule has 2 heteroatoms. The molecule has 1 aliphatic carbocycles. The maximum atomic E-state index is 10.5. The summed E-state index contributed by atoms with van der Waals surface area (Å²) in [5.74, 6) is 0.349. The van der Waals surface area contributed by atoms with Crippen LogP contribution in [0.4, 0.5) is 0 Å². The first-order valence-electron chi connectivity index (χ1n) is 6.76. The van der Waals surface area contributed by atoms with Crippen LogP contribution < -0.4 is 0 Å². The van der Waals surface area contributed by atoms with Crippen molar-refractivity contribution in [1.82, 2.24) is 0 Å². The maximum absolute atomic E-state index is 10.5. The van der Waals surface area contributed by atoms with E-state index in [1.165, 1.54) is 11.1 Å². The number of aromatic hydroxyl groups is 1. The number of fused-ring (bicyclic) bond motifs is 5. The number of rotatable bonds is 0. The Morgan fingerprint density at radius 3 is 2.85 bits per heavy atom. The van der Waals surface area contributed by atoms with E-state index in [2.05, 4.69) is 24.3 Å². The van der Waals surface area contributed by atoms with E-state index in [-0.39, 0.29) is 0 Å². The summed E-state index contributed by atoms with van der Waals surface area (Å²) >= 11 is 0. The van der Waals surface area contributed by atoms with Crippen molar-refractivity contribution < 1.29 is 9.84 Å². The van der Waals surface area contributed by atoms with Crippen molar-refractivity contribution in [2.24, 2.45) is 0 Å². The van der Waals surface area contributed by atoms with Gasteiger partial charge >= 0.3 is 0 Å². The standard InChI is InChI=1S/C18H14O2/c19-17-10-13-8-9-20-11-16(13)15-7-3-5-12-4-1-2-6-14(12)18(15)17/h1-6,8-10,19H,7,11H2. The number of hydrogen-bond acceptors (Lipinski definition) is 2. The molecular weight excluding hydrogens is 248 g/mol. The molecule has 0 atom stereocenters. The first kappa shape index (κ1) is 11.4. The van der Waals surface area contributed by atoms with Gasteiger partial charge in [0, 0.05) is 11.1 Å². The van der Waals surface area contributed by atoms with E-state index in [4.69, 9.17) is 4.74 Å². The second-order valence-corrected chi connectivity index (χ2v) is 5.12. The highest BCUT2D eigenvalue weighted by atomic mass is 16.5. The smallest absolute Gasteiger partial charge is 0.124 e. The molecule has 0 saturated carbocycles. The van der Waals surface area contributed by atoms with E-state index in [9.17, 15) is 5.11 Å². The van der Waals surface area contributed by atoms with Gasteiger partial charge in [-0.25, -0.2) is 0 Å². The molecule has 0 radical (unpaired) electrons. The van der Waals surface area contributed by atoms with Crippen LogP contribution in [0, 0.1) is 0 Å². The van der Waals surface area contributed by atoms with E-state index in [0.29, 0.717) is 12.4 Å². The number of ether oxygens (including phenoxy) is 1. The molecule has 0 bridgehead atoms. The van der Waals surface area contributed by atoms with Gasteiger partial charge in [0.05, 0.1) is 6.26 Å². The molecule has 2 nitrogen and oxygen atoms in total. The fraction of sp³-hybridized carbons (Fsp3) is 0.111. The van der Waals surface area contributed by atoms with Gasteiger partial charge < -0.3 is 9.84 Å². The molecule has 20 heavy (non-hydrogen) atoms. The number of hydrogen-bond donors (Lipinski definition) is 1. The van der Waals surface area contributed by atoms with Crippen LogP contribution in [0.3, 0.4) is 0 Å². The van der Waals surface area contributed by atoms with Crippen molar-refractivity contribution >= 4 is 12.2 Å². The van der Waals surface area contributed by atoms with Crippen LogP contribution in [0.1, 0.15) is 22.3 Å². The summed E-state index contributed by atoms with van der Waals surface area (Å²) in [5.41, 5.74) is 6.59. The molecule has 1 heterocycles. The minimum Gasteiger partial charge on any atom is -0.507 e. The first-order chi connectivity index (χ1) is 9.84. The Balaban J connectivity index is 2.08. The zero-order valence-electron chi connectivity index (χ0n) is 11.0. The summed E-state index contributed by atoms with van der Waals surface area (Å²) in [6, 6.07) is 10.0. The van der Waals surface area contributed by atoms with Crippen LogP contribution in [0.2, 0.25) is 0 Å². The van der Waals surface area contributed by atoms with Crippen LogP contribution in [0.25, 0.3) is 23.3 Å². The summed E-state index contributed by atoms with van der Waals surface area (Å²) in [7, 11) is 0. The highest BCUT2D eigenvalue weighted by Gasteiger charge is 2.21. The Morgan fingerprint density at radius 1 is 1.00 bits per heavy atom. The predicted molar refractivity (Wildman–Crippen MR) is 80.1 cm³/mol. The molecule has 0 amide bonds. The van der Waals surface area contributed by atoms with Crippen molar-refractivity contribution in [1.29, 1.82) is 0 Å². The molecule has 0 fully saturated rings. The van der Waals surface area contributed by atoms with Gasteiger partial charge in [0.15, 0.2) is 0 Å². The van der Waals surface area contributed by atoms with Gasteiger partial charge in [0.25, 0.3) is 0 Å². The quantitative estimate of drug-likeness (QED) is 0.773. The molecule has 0 spiro atoms. The summed E-state index contributed by atoms with van der Waals surface area (Å²) < 4.78 is 5.44. The molecule has 98 valence electrons. The lowest BCUT2D eigenvalue weighted by molar-refractivity contribution is 0.233. The van der Waals surface area contributed by atoms with Gasteiger partial charge in [-0.3, -0.25) is 0 Å². The highest BCUT2D eigenvalue weighted by Crippen LogP contribution is 2.42. The zero-order chi connectivity index (χ0) is 13.5. The Bertz CT molecular complexity index is 754. The van der Waals surface area contributed by atoms with Gasteiger partial charge in [-0.15, -0.1) is 0 Å². The third kappa shape index (κ3) is 1.58. The molecule has 0 saturated heterocycles. The summed E-state index contributed by atoms with van der Waals surface area (Å²) in [4.78, 5) is 0. The maximum Gasteiger partial charge on any atom is 0.124 e. The minimum atomic E-state index is 0.349. The van der Waals surface area contributed by atoms with Crippen LogP contribution in [-0.4, -0.2) is 5.11 Å². The van der Waals surface area contributed by atoms with Crippen molar-refractivity contribution in [3.8, 4) is 16.9 Å². The Morgan fingerprint density at radius 2 is 1.90 bits per heavy atom. The monoisotopic (exact) mass is 262 g/mol. The van der Waals surface area contributed by atoms with Crippen LogP contribution in [0.15, 0.2) is 42.7 Å². The van der Waals surface area contributed by atoms with E-state index < -0.39 is 0 Å². The third-order valence-corrected chi connectivity index (χ3v) is 3.98. The average Bonchev–Trinajstić information content (AvgIpc) is 2.67. The molecule has 1 aliphatic heterocycles. The average molecular weight is 262 g/mol. The molecule has 0 unspecified atom stereocenters. The van der Waals surface area contributed by atoms with Gasteiger partial charge in [-0.2, -0.15) is 0 Å². The van der Waals surface area contributed by atoms with Crippen molar-refractivity contribution in [2.75, 3.05) is 0 Å². The van der Waals surface area contributed by atoms with E-state index in [0.717, 1.165) is 28.7 Å². The molecule has 0 aromatic heterocycles. The molecular formula is C18H14O2. The van der Waals surface area contributed by atoms with E-state index in [1.807, 2.05) is 24.3 Å². The lowest BCUT2D eigenvalue weighted by Crippen LogP contribution is -2.04. The molecule has 2 aliphatic rings. The largest absolute Gasteiger partial charge is 0.507 e. The zero-order valence-corrected chi connectivity index (χ0v) is 11.0. The normalized spacial score (nSPS) is 14.8. The first-order valence-corrected chi connectivity index (χ1v) is 6.76. The number of phenolic OH excluding ortho intramolecular Hbond substituents is 1. The van der Waals surface area contributed by atoms with Crippen LogP contribution >= 0.6 is 0 Å². The van der Waals surface area contributed by atoms with Gasteiger partial charge in [0.1, 0.15) is 12.4 Å². The fourth-order valence-corrected chi connectivity index (χ4v) is 3.06. The summed E-state index contributed by atoms with van der Waals surface area (Å²) in [5, 5.41) is 10.5. The lowest BCUT2D eigenvalue weighted by Gasteiger charge is -2.20. The number of phenols is 1. The third-order valence-electron chi connectivity index (χ3n) is 3.98. The van der Waals surface area contributed by atoms with E-state index in [1.54, 1.807) is 6.26 Å². The summed E-state index contributed by atoms with van der Waals surface area (Å²) in [6.45, 7) is 0.574. The molecule has 4 rings (SSSR count). The second-order valence-electron chi connectivity index (χ2n) is 5.12. The van der Waals surface area contributed by atoms with Crippen LogP contribution in [-0.2, 0) is 17.8 Å². The van der Waals surface area contributed by atoms with E-state index >= 15 is 0 Å². The number of allylic oxidation sites excluding steroid dienone is 1. The molecule has 1 N–H and O–H groups in total. The number of benzene rings is 2. The van der Waals surface area contributed by atoms with Crippen molar-refractivity contribution in [3.05, 3.63) is 64.9 Å². The Kier molecular flexibility index (Phi) is 2.43. The summed E-state index contributed by atoms with van der Waals surface area (Å²) in [6.07, 6.45) is 8.70. The Labute approximate surface area is 117 Å². The topological polar surface area (TPSA) is 29.5 Å². The SMILES string of the molecule is Oc1cc2c(c3c1-c1ccccc1C=CC3)COC=C2. The Hall–Kier alpha value is -2.48. The highest BCUT2D eigenvalue weighted by molar-refractivity contribution is 5.85. The van der Waals surface area contributed by atoms with Gasteiger partial charge in [-0.1, -0.05) is 36.4 Å². The lowest BCUT2D eigenvalue weighted by atomic mass is 9.89. The van der Waals surface area contributed by atoms with Crippen LogP contribution in [0.5, 0.6) is 5.75 Å². The van der Waals surface area contributed by atoms with Gasteiger partial charge in [0.2, 0.25) is 0 Å². The molecule has 2 aromatic rings. The van der Waals surface area contributed by atoms with Crippen molar-refractivity contribution in [3.63, 3.8) is 0 Å². The minimum absolute atomic E-state index is 0.349.